The SMILES string of the molecule is Cc1c(NS(C)(=O)=O)cccc1N(Cc1ccccc1)Cc1ccc(Oc2ccc(CCCC(=O)N[C@H](Cc3ccc(O)cc3)C(=O)O)cc2)cc1. The summed E-state index contributed by atoms with van der Waals surface area (Å²) in [6.45, 7) is 3.13. The number of benzene rings is 5. The van der Waals surface area contributed by atoms with E-state index >= 15 is 0 Å². The molecule has 0 fully saturated rings. The number of sulfonamides is 1. The van der Waals surface area contributed by atoms with Crippen LogP contribution >= 0.6 is 0 Å². The molecule has 52 heavy (non-hydrogen) atoms. The number of nitrogens with zero attached hydrogens (tertiary/aromatic N) is 1. The van der Waals surface area contributed by atoms with Crippen LogP contribution < -0.4 is 19.7 Å². The Morgan fingerprint density at radius 2 is 1.33 bits per heavy atom. The molecule has 5 aromatic rings. The molecule has 5 aromatic carbocycles. The van der Waals surface area contributed by atoms with Crippen molar-refractivity contribution in [3.05, 3.63) is 149 Å². The molecule has 1 atom stereocenters. The fourth-order valence-electron chi connectivity index (χ4n) is 5.84. The van der Waals surface area contributed by atoms with Gasteiger partial charge in [0.25, 0.3) is 0 Å². The number of phenols is 1. The highest BCUT2D eigenvalue weighted by Crippen LogP contribution is 2.31. The summed E-state index contributed by atoms with van der Waals surface area (Å²) in [7, 11) is -3.43. The van der Waals surface area contributed by atoms with Crippen molar-refractivity contribution in [2.45, 2.75) is 51.7 Å². The third-order valence-electron chi connectivity index (χ3n) is 8.49. The molecule has 0 aliphatic carbocycles. The van der Waals surface area contributed by atoms with Crippen molar-refractivity contribution in [2.75, 3.05) is 15.9 Å². The van der Waals surface area contributed by atoms with Crippen molar-refractivity contribution in [2.24, 2.45) is 0 Å². The Morgan fingerprint density at radius 1 is 0.750 bits per heavy atom. The molecule has 4 N–H and O–H groups in total. The number of carboxylic acids is 1. The molecule has 0 aliphatic heterocycles. The molecule has 0 saturated heterocycles. The Kier molecular flexibility index (Phi) is 12.5. The molecule has 10 nitrogen and oxygen atoms in total. The number of carbonyl (C=O) groups excluding carboxylic acids is 1. The summed E-state index contributed by atoms with van der Waals surface area (Å²) in [5, 5.41) is 21.6. The number of carbonyl (C=O) groups is 2. The van der Waals surface area contributed by atoms with Crippen LogP contribution in [0.2, 0.25) is 0 Å². The highest BCUT2D eigenvalue weighted by Gasteiger charge is 2.20. The fourth-order valence-corrected chi connectivity index (χ4v) is 6.46. The lowest BCUT2D eigenvalue weighted by molar-refractivity contribution is -0.141. The van der Waals surface area contributed by atoms with E-state index < -0.39 is 22.0 Å². The summed E-state index contributed by atoms with van der Waals surface area (Å²) < 4.78 is 32.7. The standard InChI is InChI=1S/C41H43N3O7S/c1-29-37(43-52(2,49)50)11-7-12-39(29)44(27-32-8-4-3-5-9-32)28-33-18-24-36(25-19-33)51-35-22-16-30(17-23-35)10-6-13-40(46)42-38(41(47)48)26-31-14-20-34(45)21-15-31/h3-5,7-9,11-12,14-25,38,43,45H,6,10,13,26-28H2,1-2H3,(H,42,46)(H,47,48)/t38-/m1/s1. The third kappa shape index (κ3) is 11.4. The molecule has 0 heterocycles. The van der Waals surface area contributed by atoms with Gasteiger partial charge in [-0.1, -0.05) is 72.8 Å². The first-order valence-electron chi connectivity index (χ1n) is 16.9. The predicted octanol–water partition coefficient (Wildman–Crippen LogP) is 7.21. The molecule has 0 spiro atoms. The van der Waals surface area contributed by atoms with E-state index in [-0.39, 0.29) is 24.5 Å². The van der Waals surface area contributed by atoms with E-state index in [4.69, 9.17) is 4.74 Å². The number of aromatic hydroxyl groups is 1. The number of phenolic OH excluding ortho intramolecular Hbond substituents is 1. The second-order valence-corrected chi connectivity index (χ2v) is 14.5. The second-order valence-electron chi connectivity index (χ2n) is 12.7. The van der Waals surface area contributed by atoms with Gasteiger partial charge < -0.3 is 25.2 Å². The number of nitrogens with one attached hydrogen (secondary N) is 2. The molecule has 1 amide bonds. The van der Waals surface area contributed by atoms with Crippen LogP contribution in [0.4, 0.5) is 11.4 Å². The minimum absolute atomic E-state index is 0.0924. The monoisotopic (exact) mass is 721 g/mol. The minimum Gasteiger partial charge on any atom is -0.508 e. The molecular weight excluding hydrogens is 679 g/mol. The lowest BCUT2D eigenvalue weighted by Gasteiger charge is -2.28. The molecule has 0 saturated carbocycles. The minimum atomic E-state index is -3.43. The molecule has 0 aliphatic rings. The van der Waals surface area contributed by atoms with E-state index in [9.17, 15) is 28.2 Å². The second kappa shape index (κ2) is 17.4. The lowest BCUT2D eigenvalue weighted by Crippen LogP contribution is -2.42. The van der Waals surface area contributed by atoms with Gasteiger partial charge in [-0.25, -0.2) is 13.2 Å². The first kappa shape index (κ1) is 37.4. The number of ether oxygens (including phenoxy) is 1. The molecule has 0 radical (unpaired) electrons. The summed E-state index contributed by atoms with van der Waals surface area (Å²) in [5.74, 6) is 0.00177. The van der Waals surface area contributed by atoms with Gasteiger partial charge in [-0.15, -0.1) is 0 Å². The summed E-state index contributed by atoms with van der Waals surface area (Å²) in [6.07, 6.45) is 2.66. The zero-order valence-electron chi connectivity index (χ0n) is 29.2. The Morgan fingerprint density at radius 3 is 1.92 bits per heavy atom. The van der Waals surface area contributed by atoms with E-state index in [0.29, 0.717) is 48.7 Å². The average Bonchev–Trinajstić information content (AvgIpc) is 3.11. The van der Waals surface area contributed by atoms with Gasteiger partial charge in [-0.05, 0) is 96.1 Å². The van der Waals surface area contributed by atoms with Gasteiger partial charge in [0.15, 0.2) is 0 Å². The quantitative estimate of drug-likeness (QED) is 0.0789. The van der Waals surface area contributed by atoms with Crippen LogP contribution in [-0.2, 0) is 45.5 Å². The van der Waals surface area contributed by atoms with E-state index in [1.807, 2.05) is 85.8 Å². The van der Waals surface area contributed by atoms with Crippen molar-refractivity contribution >= 4 is 33.3 Å². The van der Waals surface area contributed by atoms with Gasteiger partial charge in [-0.2, -0.15) is 0 Å². The number of hydrogen-bond donors (Lipinski definition) is 4. The molecule has 0 bridgehead atoms. The summed E-state index contributed by atoms with van der Waals surface area (Å²) >= 11 is 0. The largest absolute Gasteiger partial charge is 0.508 e. The molecule has 5 rings (SSSR count). The van der Waals surface area contributed by atoms with Crippen molar-refractivity contribution in [1.82, 2.24) is 5.32 Å². The number of hydrogen-bond acceptors (Lipinski definition) is 7. The number of aryl methyl sites for hydroxylation is 1. The van der Waals surface area contributed by atoms with E-state index in [1.54, 1.807) is 18.2 Å². The number of aliphatic carboxylic acids is 1. The molecule has 0 aromatic heterocycles. The van der Waals surface area contributed by atoms with Gasteiger partial charge in [0.2, 0.25) is 15.9 Å². The van der Waals surface area contributed by atoms with Crippen LogP contribution in [0.5, 0.6) is 17.2 Å². The van der Waals surface area contributed by atoms with Gasteiger partial charge in [0.05, 0.1) is 11.9 Å². The van der Waals surface area contributed by atoms with E-state index in [1.165, 1.54) is 12.1 Å². The maximum atomic E-state index is 12.5. The molecule has 0 unspecified atom stereocenters. The smallest absolute Gasteiger partial charge is 0.326 e. The van der Waals surface area contributed by atoms with Gasteiger partial charge in [0, 0.05) is 31.6 Å². The Labute approximate surface area is 304 Å². The maximum absolute atomic E-state index is 12.5. The lowest BCUT2D eigenvalue weighted by atomic mass is 10.0. The van der Waals surface area contributed by atoms with E-state index in [0.717, 1.165) is 34.2 Å². The van der Waals surface area contributed by atoms with Crippen molar-refractivity contribution < 1.29 is 33.0 Å². The van der Waals surface area contributed by atoms with E-state index in [2.05, 4.69) is 27.1 Å². The molecule has 11 heteroatoms. The Hall–Kier alpha value is -5.81. The number of amides is 1. The van der Waals surface area contributed by atoms with Crippen LogP contribution in [0.3, 0.4) is 0 Å². The highest BCUT2D eigenvalue weighted by atomic mass is 32.2. The Balaban J connectivity index is 1.15. The van der Waals surface area contributed by atoms with Crippen LogP contribution in [0.1, 0.15) is 40.7 Å². The third-order valence-corrected chi connectivity index (χ3v) is 9.08. The van der Waals surface area contributed by atoms with Gasteiger partial charge >= 0.3 is 5.97 Å². The van der Waals surface area contributed by atoms with Gasteiger partial charge in [-0.3, -0.25) is 9.52 Å². The van der Waals surface area contributed by atoms with Crippen LogP contribution in [-0.4, -0.2) is 42.8 Å². The first-order chi connectivity index (χ1) is 24.9. The molecule has 270 valence electrons. The summed E-state index contributed by atoms with van der Waals surface area (Å²) in [5.41, 5.74) is 6.22. The average molecular weight is 722 g/mol. The topological polar surface area (TPSA) is 145 Å². The van der Waals surface area contributed by atoms with Crippen LogP contribution in [0.25, 0.3) is 0 Å². The van der Waals surface area contributed by atoms with Gasteiger partial charge in [0.1, 0.15) is 23.3 Å². The number of carboxylic acid groups (broad SMARTS) is 1. The van der Waals surface area contributed by atoms with Crippen molar-refractivity contribution in [3.63, 3.8) is 0 Å². The predicted molar refractivity (Wildman–Crippen MR) is 203 cm³/mol. The normalized spacial score (nSPS) is 11.7. The number of rotatable bonds is 17. The van der Waals surface area contributed by atoms with Crippen molar-refractivity contribution in [1.29, 1.82) is 0 Å². The van der Waals surface area contributed by atoms with Crippen LogP contribution in [0, 0.1) is 6.92 Å². The highest BCUT2D eigenvalue weighted by molar-refractivity contribution is 7.92. The van der Waals surface area contributed by atoms with Crippen molar-refractivity contribution in [3.8, 4) is 17.2 Å². The Bertz CT molecular complexity index is 2050. The number of anilines is 2. The van der Waals surface area contributed by atoms with Crippen LogP contribution in [0.15, 0.2) is 121 Å². The summed E-state index contributed by atoms with van der Waals surface area (Å²) in [6, 6.07) is 36.4. The zero-order valence-corrected chi connectivity index (χ0v) is 30.0. The molecular formula is C41H43N3O7S. The summed E-state index contributed by atoms with van der Waals surface area (Å²) in [4.78, 5) is 26.4. The first-order valence-corrected chi connectivity index (χ1v) is 18.8. The maximum Gasteiger partial charge on any atom is 0.326 e. The fraction of sp³-hybridized carbons (Fsp3) is 0.220. The zero-order chi connectivity index (χ0) is 37.1.